The van der Waals surface area contributed by atoms with E-state index in [4.69, 9.17) is 11.6 Å². The molecule has 0 fully saturated rings. The first kappa shape index (κ1) is 26.9. The van der Waals surface area contributed by atoms with E-state index in [9.17, 15) is 18.0 Å². The van der Waals surface area contributed by atoms with Crippen molar-refractivity contribution in [2.24, 2.45) is 0 Å². The van der Waals surface area contributed by atoms with E-state index < -0.39 is 16.1 Å². The maximum absolute atomic E-state index is 13.5. The molecule has 196 valence electrons. The van der Waals surface area contributed by atoms with Crippen molar-refractivity contribution in [1.29, 1.82) is 0 Å². The largest absolute Gasteiger partial charge is 0.352 e. The summed E-state index contributed by atoms with van der Waals surface area (Å²) in [6.07, 6.45) is 0.838. The summed E-state index contributed by atoms with van der Waals surface area (Å²) >= 11 is 6.38. The molecule has 1 heterocycles. The van der Waals surface area contributed by atoms with E-state index >= 15 is 0 Å². The van der Waals surface area contributed by atoms with E-state index in [2.05, 4.69) is 5.32 Å². The van der Waals surface area contributed by atoms with E-state index in [0.717, 1.165) is 10.9 Å². The molecule has 7 nitrogen and oxygen atoms in total. The number of sulfonamides is 1. The first-order valence-electron chi connectivity index (χ1n) is 12.5. The monoisotopic (exact) mass is 541 g/mol. The highest BCUT2D eigenvalue weighted by atomic mass is 35.5. The summed E-state index contributed by atoms with van der Waals surface area (Å²) in [5.74, 6) is -0.444. The summed E-state index contributed by atoms with van der Waals surface area (Å²) < 4.78 is 27.9. The first-order chi connectivity index (χ1) is 17.6. The Morgan fingerprint density at radius 3 is 2.41 bits per heavy atom. The Balaban J connectivity index is 1.53. The molecule has 3 aromatic carbocycles. The highest BCUT2D eigenvalue weighted by Crippen LogP contribution is 2.42. The lowest BCUT2D eigenvalue weighted by atomic mass is 10.1. The van der Waals surface area contributed by atoms with Crippen LogP contribution in [0.2, 0.25) is 5.02 Å². The van der Waals surface area contributed by atoms with Gasteiger partial charge in [0, 0.05) is 36.0 Å². The first-order valence-corrected chi connectivity index (χ1v) is 14.3. The molecule has 0 bridgehead atoms. The van der Waals surface area contributed by atoms with Gasteiger partial charge >= 0.3 is 0 Å². The van der Waals surface area contributed by atoms with Crippen LogP contribution in [0.4, 0.5) is 5.69 Å². The number of hydrogen-bond donors (Lipinski definition) is 1. The van der Waals surface area contributed by atoms with Crippen LogP contribution in [0.1, 0.15) is 45.6 Å². The SMILES string of the molecule is CC[C@H](C(=O)NC(C)C)N(Cc1ccccc1Cl)C(=O)CCCN1c2cccc3cccc(c23)S1(=O)=O. The Labute approximate surface area is 223 Å². The van der Waals surface area contributed by atoms with Crippen LogP contribution in [0.3, 0.4) is 0 Å². The fraction of sp³-hybridized carbons (Fsp3) is 0.357. The molecule has 1 aliphatic heterocycles. The minimum Gasteiger partial charge on any atom is -0.352 e. The van der Waals surface area contributed by atoms with Crippen molar-refractivity contribution in [2.45, 2.75) is 63.6 Å². The molecule has 0 aromatic heterocycles. The molecule has 0 saturated heterocycles. The van der Waals surface area contributed by atoms with Crippen LogP contribution in [0, 0.1) is 0 Å². The van der Waals surface area contributed by atoms with Crippen molar-refractivity contribution < 1.29 is 18.0 Å². The van der Waals surface area contributed by atoms with Gasteiger partial charge in [0.1, 0.15) is 6.04 Å². The number of amides is 2. The second-order valence-corrected chi connectivity index (χ2v) is 11.8. The van der Waals surface area contributed by atoms with Crippen LogP contribution in [0.15, 0.2) is 65.6 Å². The van der Waals surface area contributed by atoms with Gasteiger partial charge in [0.2, 0.25) is 11.8 Å². The van der Waals surface area contributed by atoms with Gasteiger partial charge in [-0.15, -0.1) is 0 Å². The smallest absolute Gasteiger partial charge is 0.265 e. The second-order valence-electron chi connectivity index (χ2n) is 9.51. The van der Waals surface area contributed by atoms with Crippen LogP contribution in [0.25, 0.3) is 10.8 Å². The zero-order chi connectivity index (χ0) is 26.7. The standard InChI is InChI=1S/C28H32ClN3O4S/c1-4-23(28(34)30-19(2)3)31(18-21-10-5-6-13-22(21)29)26(33)16-9-17-32-24-14-7-11-20-12-8-15-25(27(20)24)37(32,35)36/h5-8,10-15,19,23H,4,9,16-18H2,1-3H3,(H,30,34)/t23-/m1/s1. The molecule has 9 heteroatoms. The lowest BCUT2D eigenvalue weighted by Crippen LogP contribution is -2.50. The van der Waals surface area contributed by atoms with E-state index in [0.29, 0.717) is 33.8 Å². The molecule has 4 rings (SSSR count). The number of rotatable bonds is 10. The van der Waals surface area contributed by atoms with Gasteiger partial charge < -0.3 is 10.2 Å². The average Bonchev–Trinajstić information content (AvgIpc) is 3.07. The molecule has 0 aliphatic carbocycles. The number of nitrogens with one attached hydrogen (secondary N) is 1. The Kier molecular flexibility index (Phi) is 8.09. The molecule has 2 amide bonds. The van der Waals surface area contributed by atoms with E-state index in [1.165, 1.54) is 4.31 Å². The summed E-state index contributed by atoms with van der Waals surface area (Å²) in [7, 11) is -3.69. The topological polar surface area (TPSA) is 86.8 Å². The van der Waals surface area contributed by atoms with Crippen LogP contribution in [-0.4, -0.2) is 43.8 Å². The normalized spacial score (nSPS) is 14.7. The van der Waals surface area contributed by atoms with Crippen molar-refractivity contribution >= 4 is 49.9 Å². The summed E-state index contributed by atoms with van der Waals surface area (Å²) in [4.78, 5) is 28.4. The molecular weight excluding hydrogens is 510 g/mol. The Bertz CT molecular complexity index is 1420. The lowest BCUT2D eigenvalue weighted by Gasteiger charge is -2.31. The zero-order valence-electron chi connectivity index (χ0n) is 21.3. The number of anilines is 1. The molecule has 0 radical (unpaired) electrons. The second kappa shape index (κ2) is 11.1. The van der Waals surface area contributed by atoms with Crippen molar-refractivity contribution in [3.63, 3.8) is 0 Å². The van der Waals surface area contributed by atoms with E-state index in [1.54, 1.807) is 29.2 Å². The van der Waals surface area contributed by atoms with E-state index in [-0.39, 0.29) is 37.4 Å². The molecule has 0 saturated carbocycles. The van der Waals surface area contributed by atoms with Crippen LogP contribution < -0.4 is 9.62 Å². The van der Waals surface area contributed by atoms with Gasteiger partial charge in [-0.05, 0) is 55.8 Å². The third-order valence-corrected chi connectivity index (χ3v) is 8.77. The van der Waals surface area contributed by atoms with Crippen LogP contribution in [-0.2, 0) is 26.2 Å². The number of nitrogens with zero attached hydrogens (tertiary/aromatic N) is 2. The highest BCUT2D eigenvalue weighted by Gasteiger charge is 2.35. The van der Waals surface area contributed by atoms with Crippen molar-refractivity contribution in [3.8, 4) is 0 Å². The van der Waals surface area contributed by atoms with E-state index in [1.807, 2.05) is 57.2 Å². The van der Waals surface area contributed by atoms with Crippen molar-refractivity contribution in [3.05, 3.63) is 71.2 Å². The van der Waals surface area contributed by atoms with Crippen LogP contribution in [0.5, 0.6) is 0 Å². The Hall–Kier alpha value is -3.10. The van der Waals surface area contributed by atoms with Gasteiger partial charge in [-0.2, -0.15) is 0 Å². The van der Waals surface area contributed by atoms with Crippen LogP contribution >= 0.6 is 11.6 Å². The quantitative estimate of drug-likeness (QED) is 0.386. The number of hydrogen-bond acceptors (Lipinski definition) is 4. The fourth-order valence-corrected chi connectivity index (χ4v) is 6.77. The summed E-state index contributed by atoms with van der Waals surface area (Å²) in [5.41, 5.74) is 1.38. The zero-order valence-corrected chi connectivity index (χ0v) is 22.8. The molecule has 0 spiro atoms. The minimum atomic E-state index is -3.69. The molecule has 0 unspecified atom stereocenters. The molecule has 3 aromatic rings. The predicted molar refractivity (Wildman–Crippen MR) is 147 cm³/mol. The lowest BCUT2D eigenvalue weighted by molar-refractivity contribution is -0.141. The third-order valence-electron chi connectivity index (χ3n) is 6.55. The summed E-state index contributed by atoms with van der Waals surface area (Å²) in [6.45, 7) is 5.97. The summed E-state index contributed by atoms with van der Waals surface area (Å²) in [5, 5.41) is 5.01. The predicted octanol–water partition coefficient (Wildman–Crippen LogP) is 5.11. The molecule has 1 N–H and O–H groups in total. The fourth-order valence-electron chi connectivity index (χ4n) is 4.83. The van der Waals surface area contributed by atoms with Crippen molar-refractivity contribution in [2.75, 3.05) is 10.8 Å². The van der Waals surface area contributed by atoms with Crippen molar-refractivity contribution in [1.82, 2.24) is 10.2 Å². The Morgan fingerprint density at radius 1 is 1.03 bits per heavy atom. The number of carbonyl (C=O) groups excluding carboxylic acids is 2. The minimum absolute atomic E-state index is 0.0662. The maximum Gasteiger partial charge on any atom is 0.265 e. The number of benzene rings is 3. The van der Waals surface area contributed by atoms with Gasteiger partial charge in [0.05, 0.1) is 10.6 Å². The highest BCUT2D eigenvalue weighted by molar-refractivity contribution is 7.93. The van der Waals surface area contributed by atoms with Gasteiger partial charge in [-0.1, -0.05) is 61.0 Å². The van der Waals surface area contributed by atoms with Gasteiger partial charge in [0.15, 0.2) is 0 Å². The maximum atomic E-state index is 13.5. The number of carbonyl (C=O) groups is 2. The molecule has 1 aliphatic rings. The molecular formula is C28H32ClN3O4S. The van der Waals surface area contributed by atoms with Gasteiger partial charge in [0.25, 0.3) is 10.0 Å². The number of halogens is 1. The molecule has 1 atom stereocenters. The van der Waals surface area contributed by atoms with Gasteiger partial charge in [-0.25, -0.2) is 8.42 Å². The summed E-state index contributed by atoms with van der Waals surface area (Å²) in [6, 6.07) is 17.3. The van der Waals surface area contributed by atoms with Gasteiger partial charge in [-0.3, -0.25) is 13.9 Å². The average molecular weight is 542 g/mol. The Morgan fingerprint density at radius 2 is 1.73 bits per heavy atom. The third kappa shape index (κ3) is 5.45. The molecule has 37 heavy (non-hydrogen) atoms.